The monoisotopic (exact) mass is 636 g/mol. The first-order valence-corrected chi connectivity index (χ1v) is 15.3. The van der Waals surface area contributed by atoms with Crippen molar-refractivity contribution in [1.29, 1.82) is 0 Å². The van der Waals surface area contributed by atoms with Crippen LogP contribution in [0.3, 0.4) is 0 Å². The van der Waals surface area contributed by atoms with Crippen molar-refractivity contribution in [2.45, 2.75) is 51.6 Å². The van der Waals surface area contributed by atoms with Gasteiger partial charge >= 0.3 is 6.09 Å². The second-order valence-corrected chi connectivity index (χ2v) is 12.8. The molecule has 3 aromatic heterocycles. The molecule has 0 spiro atoms. The van der Waals surface area contributed by atoms with Crippen molar-refractivity contribution in [2.75, 3.05) is 48.0 Å². The molecule has 1 saturated heterocycles. The molecule has 1 N–H and O–H groups in total. The Bertz CT molecular complexity index is 1750. The molecular formula is C33H35ClF2N6O3. The van der Waals surface area contributed by atoms with Crippen LogP contribution in [0.4, 0.5) is 36.6 Å². The number of morpholine rings is 1. The van der Waals surface area contributed by atoms with Gasteiger partial charge < -0.3 is 19.7 Å². The predicted octanol–water partition coefficient (Wildman–Crippen LogP) is 7.32. The van der Waals surface area contributed by atoms with Crippen molar-refractivity contribution in [3.05, 3.63) is 76.7 Å². The molecule has 1 atom stereocenters. The number of aromatic nitrogens is 3. The first-order valence-electron chi connectivity index (χ1n) is 14.9. The Balaban J connectivity index is 1.24. The molecule has 0 saturated carbocycles. The van der Waals surface area contributed by atoms with Gasteiger partial charge in [-0.05, 0) is 51.8 Å². The molecule has 236 valence electrons. The van der Waals surface area contributed by atoms with Crippen LogP contribution in [0, 0.1) is 18.6 Å². The number of halogens is 3. The van der Waals surface area contributed by atoms with Gasteiger partial charge in [-0.15, -0.1) is 0 Å². The van der Waals surface area contributed by atoms with E-state index in [9.17, 15) is 13.6 Å². The van der Waals surface area contributed by atoms with Crippen LogP contribution in [-0.4, -0.2) is 59.5 Å². The molecular weight excluding hydrogens is 602 g/mol. The van der Waals surface area contributed by atoms with Gasteiger partial charge in [0.05, 0.1) is 52.4 Å². The number of rotatable bonds is 7. The number of nitrogens with one attached hydrogen (secondary N) is 1. The second-order valence-electron chi connectivity index (χ2n) is 12.4. The third-order valence-corrected chi connectivity index (χ3v) is 9.02. The van der Waals surface area contributed by atoms with Gasteiger partial charge in [-0.1, -0.05) is 24.6 Å². The molecule has 6 rings (SSSR count). The lowest BCUT2D eigenvalue weighted by molar-refractivity contribution is 0.0334. The van der Waals surface area contributed by atoms with Crippen LogP contribution >= 0.6 is 11.6 Å². The zero-order chi connectivity index (χ0) is 31.9. The van der Waals surface area contributed by atoms with Gasteiger partial charge in [-0.25, -0.2) is 28.4 Å². The largest absolute Gasteiger partial charge is 0.443 e. The highest BCUT2D eigenvalue weighted by Gasteiger charge is 2.39. The van der Waals surface area contributed by atoms with Gasteiger partial charge in [0, 0.05) is 48.9 Å². The number of benzene rings is 1. The normalized spacial score (nSPS) is 18.1. The molecule has 1 aromatic carbocycles. The quantitative estimate of drug-likeness (QED) is 0.226. The lowest BCUT2D eigenvalue weighted by atomic mass is 9.80. The molecule has 45 heavy (non-hydrogen) atoms. The van der Waals surface area contributed by atoms with Crippen molar-refractivity contribution in [1.82, 2.24) is 15.0 Å². The van der Waals surface area contributed by atoms with Crippen molar-refractivity contribution in [2.24, 2.45) is 0 Å². The lowest BCUT2D eigenvalue weighted by Gasteiger charge is -2.33. The van der Waals surface area contributed by atoms with Crippen LogP contribution in [0.2, 0.25) is 5.02 Å². The van der Waals surface area contributed by atoms with Crippen LogP contribution < -0.4 is 15.1 Å². The van der Waals surface area contributed by atoms with Crippen molar-refractivity contribution >= 4 is 51.6 Å². The average Bonchev–Trinajstić information content (AvgIpc) is 3.35. The number of carbonyl (C=O) groups is 1. The van der Waals surface area contributed by atoms with Crippen molar-refractivity contribution in [3.63, 3.8) is 0 Å². The Labute approximate surface area is 265 Å². The second kappa shape index (κ2) is 12.0. The molecule has 2 aliphatic rings. The van der Waals surface area contributed by atoms with Crippen LogP contribution in [0.15, 0.2) is 48.8 Å². The number of ether oxygens (including phenoxy) is 2. The van der Waals surface area contributed by atoms with E-state index in [0.29, 0.717) is 38.2 Å². The van der Waals surface area contributed by atoms with E-state index in [4.69, 9.17) is 26.1 Å². The number of anilines is 4. The van der Waals surface area contributed by atoms with Gasteiger partial charge in [-0.2, -0.15) is 0 Å². The highest BCUT2D eigenvalue weighted by atomic mass is 35.5. The lowest BCUT2D eigenvalue weighted by Crippen LogP contribution is -2.38. The number of hydrogen-bond acceptors (Lipinski definition) is 8. The number of nitrogens with zero attached hydrogens (tertiary/aromatic N) is 5. The summed E-state index contributed by atoms with van der Waals surface area (Å²) < 4.78 is 40.4. The van der Waals surface area contributed by atoms with Gasteiger partial charge in [-0.3, -0.25) is 4.98 Å². The SMILES string of the molecule is Cc1c(N(C(=O)OC(C)(C)CCC2(C)CNc3cc(N4CCOCC4)cnc32)c2ccccn2)nc2cc(F)cc(F)c2c1Cl. The van der Waals surface area contributed by atoms with Gasteiger partial charge in [0.15, 0.2) is 0 Å². The van der Waals surface area contributed by atoms with Crippen molar-refractivity contribution in [3.8, 4) is 0 Å². The molecule has 1 fully saturated rings. The van der Waals surface area contributed by atoms with Gasteiger partial charge in [0.2, 0.25) is 0 Å². The fourth-order valence-corrected chi connectivity index (χ4v) is 6.17. The Morgan fingerprint density at radius 1 is 1.20 bits per heavy atom. The third kappa shape index (κ3) is 6.11. The molecule has 9 nitrogen and oxygen atoms in total. The number of fused-ring (bicyclic) bond motifs is 2. The van der Waals surface area contributed by atoms with E-state index in [1.807, 2.05) is 20.0 Å². The smallest absolute Gasteiger partial charge is 0.421 e. The molecule has 1 amide bonds. The Morgan fingerprint density at radius 2 is 1.98 bits per heavy atom. The minimum absolute atomic E-state index is 0.0186. The maximum atomic E-state index is 14.7. The van der Waals surface area contributed by atoms with E-state index in [2.05, 4.69) is 33.2 Å². The van der Waals surface area contributed by atoms with E-state index in [-0.39, 0.29) is 33.0 Å². The number of amides is 1. The summed E-state index contributed by atoms with van der Waals surface area (Å²) in [7, 11) is 0. The Hall–Kier alpha value is -4.09. The molecule has 1 unspecified atom stereocenters. The molecule has 12 heteroatoms. The molecule has 5 heterocycles. The minimum Gasteiger partial charge on any atom is -0.443 e. The van der Waals surface area contributed by atoms with Crippen LogP contribution in [0.25, 0.3) is 10.9 Å². The maximum absolute atomic E-state index is 14.7. The maximum Gasteiger partial charge on any atom is 0.421 e. The standard InChI is InChI=1S/C33H35ClF2N6O3/c1-20-28(34)27-23(36)15-21(35)16-24(27)40-30(20)42(26-7-5-6-10-37-26)31(43)45-32(2,3)8-9-33(4)19-39-25-17-22(18-38-29(25)33)41-11-13-44-14-12-41/h5-7,10,15-18,39H,8-9,11-14,19H2,1-4H3. The molecule has 2 aliphatic heterocycles. The fraction of sp³-hybridized carbons (Fsp3) is 0.394. The average molecular weight is 637 g/mol. The van der Waals surface area contributed by atoms with Gasteiger partial charge in [0.1, 0.15) is 28.9 Å². The predicted molar refractivity (Wildman–Crippen MR) is 171 cm³/mol. The first-order chi connectivity index (χ1) is 21.5. The topological polar surface area (TPSA) is 92.7 Å². The van der Waals surface area contributed by atoms with E-state index >= 15 is 0 Å². The summed E-state index contributed by atoms with van der Waals surface area (Å²) in [5.74, 6) is -1.36. The van der Waals surface area contributed by atoms with Crippen LogP contribution in [0.1, 0.15) is 44.9 Å². The highest BCUT2D eigenvalue weighted by Crippen LogP contribution is 2.42. The molecule has 0 aliphatic carbocycles. The summed E-state index contributed by atoms with van der Waals surface area (Å²) in [5.41, 5.74) is 2.18. The number of hydrogen-bond donors (Lipinski definition) is 1. The summed E-state index contributed by atoms with van der Waals surface area (Å²) in [5, 5.41) is 3.51. The summed E-state index contributed by atoms with van der Waals surface area (Å²) in [6, 6.07) is 9.02. The van der Waals surface area contributed by atoms with Crippen LogP contribution in [0.5, 0.6) is 0 Å². The van der Waals surface area contributed by atoms with Gasteiger partial charge in [0.25, 0.3) is 0 Å². The van der Waals surface area contributed by atoms with E-state index in [1.54, 1.807) is 25.1 Å². The summed E-state index contributed by atoms with van der Waals surface area (Å²) in [6.07, 6.45) is 3.93. The summed E-state index contributed by atoms with van der Waals surface area (Å²) in [6.45, 7) is 11.3. The highest BCUT2D eigenvalue weighted by molar-refractivity contribution is 6.36. The molecule has 4 aromatic rings. The number of pyridine rings is 3. The Kier molecular flexibility index (Phi) is 8.26. The zero-order valence-corrected chi connectivity index (χ0v) is 26.4. The Morgan fingerprint density at radius 3 is 2.71 bits per heavy atom. The minimum atomic E-state index is -0.906. The van der Waals surface area contributed by atoms with E-state index < -0.39 is 23.3 Å². The first kappa shape index (κ1) is 30.9. The number of carbonyl (C=O) groups excluding carboxylic acids is 1. The van der Waals surface area contributed by atoms with E-state index in [1.165, 1.54) is 11.1 Å². The van der Waals surface area contributed by atoms with E-state index in [0.717, 1.165) is 42.3 Å². The third-order valence-electron chi connectivity index (χ3n) is 8.55. The van der Waals surface area contributed by atoms with Crippen molar-refractivity contribution < 1.29 is 23.0 Å². The molecule has 0 bridgehead atoms. The summed E-state index contributed by atoms with van der Waals surface area (Å²) >= 11 is 6.57. The fourth-order valence-electron chi connectivity index (χ4n) is 5.90. The molecule has 0 radical (unpaired) electrons. The zero-order valence-electron chi connectivity index (χ0n) is 25.7. The summed E-state index contributed by atoms with van der Waals surface area (Å²) in [4.78, 5) is 31.1. The van der Waals surface area contributed by atoms with Crippen LogP contribution in [-0.2, 0) is 14.9 Å².